The number of ether oxygens (including phenoxy) is 2. The lowest BCUT2D eigenvalue weighted by molar-refractivity contribution is -0.115. The van der Waals surface area contributed by atoms with Crippen molar-refractivity contribution in [2.24, 2.45) is 5.92 Å². The van der Waals surface area contributed by atoms with Gasteiger partial charge in [0.15, 0.2) is 6.29 Å². The highest BCUT2D eigenvalue weighted by Gasteiger charge is 2.33. The number of likely N-dealkylation sites (tertiary alicyclic amines) is 1. The number of thioether (sulfide) groups is 1. The normalized spacial score (nSPS) is 24.6. The minimum absolute atomic E-state index is 0.00409. The fourth-order valence-corrected chi connectivity index (χ4v) is 4.54. The van der Waals surface area contributed by atoms with Gasteiger partial charge in [-0.15, -0.1) is 11.8 Å². The molecule has 1 unspecified atom stereocenters. The Balaban J connectivity index is 1.49. The van der Waals surface area contributed by atoms with Crippen LogP contribution in [-0.2, 0) is 14.3 Å². The zero-order chi connectivity index (χ0) is 17.2. The first kappa shape index (κ1) is 16.9. The third-order valence-corrected chi connectivity index (χ3v) is 5.94. The van der Waals surface area contributed by atoms with Gasteiger partial charge in [-0.2, -0.15) is 0 Å². The van der Waals surface area contributed by atoms with Crippen molar-refractivity contribution in [3.05, 3.63) is 23.8 Å². The molecule has 2 saturated heterocycles. The Morgan fingerprint density at radius 3 is 2.96 bits per heavy atom. The van der Waals surface area contributed by atoms with Crippen LogP contribution >= 0.6 is 11.8 Å². The standard InChI is InChI=1S/C18H22N2O4S/c21-16-5-9-25-15-4-3-12(10-14(15)19-16)17(22)20-6-1-2-13(11-20)18-23-7-8-24-18/h3-4,10,13,18H,1-2,5-9,11H2,(H,19,21). The van der Waals surface area contributed by atoms with Gasteiger partial charge in [-0.25, -0.2) is 0 Å². The van der Waals surface area contributed by atoms with Gasteiger partial charge in [0.05, 0.1) is 18.9 Å². The van der Waals surface area contributed by atoms with Crippen molar-refractivity contribution in [2.45, 2.75) is 30.4 Å². The number of anilines is 1. The van der Waals surface area contributed by atoms with Gasteiger partial charge in [-0.05, 0) is 31.0 Å². The molecule has 0 aromatic heterocycles. The van der Waals surface area contributed by atoms with E-state index >= 15 is 0 Å². The lowest BCUT2D eigenvalue weighted by Crippen LogP contribution is -2.43. The predicted octanol–water partition coefficient (Wildman–Crippen LogP) is 2.35. The van der Waals surface area contributed by atoms with E-state index in [1.54, 1.807) is 17.8 Å². The summed E-state index contributed by atoms with van der Waals surface area (Å²) in [5, 5.41) is 2.90. The first-order chi connectivity index (χ1) is 12.2. The summed E-state index contributed by atoms with van der Waals surface area (Å²) in [4.78, 5) is 27.6. The van der Waals surface area contributed by atoms with Gasteiger partial charge in [0.25, 0.3) is 5.91 Å². The summed E-state index contributed by atoms with van der Waals surface area (Å²) in [6.45, 7) is 2.68. The maximum atomic E-state index is 12.9. The van der Waals surface area contributed by atoms with E-state index in [2.05, 4.69) is 5.32 Å². The second-order valence-corrected chi connectivity index (χ2v) is 7.76. The zero-order valence-corrected chi connectivity index (χ0v) is 14.8. The molecule has 7 heteroatoms. The molecule has 0 bridgehead atoms. The summed E-state index contributed by atoms with van der Waals surface area (Å²) < 4.78 is 11.2. The van der Waals surface area contributed by atoms with Gasteiger partial charge in [0.1, 0.15) is 0 Å². The van der Waals surface area contributed by atoms with Crippen molar-refractivity contribution in [3.63, 3.8) is 0 Å². The van der Waals surface area contributed by atoms with Gasteiger partial charge in [0.2, 0.25) is 5.91 Å². The number of carbonyl (C=O) groups is 2. The number of nitrogens with zero attached hydrogens (tertiary/aromatic N) is 1. The Kier molecular flexibility index (Phi) is 4.96. The number of nitrogens with one attached hydrogen (secondary N) is 1. The first-order valence-corrected chi connectivity index (χ1v) is 9.78. The van der Waals surface area contributed by atoms with Crippen molar-refractivity contribution in [2.75, 3.05) is 37.4 Å². The van der Waals surface area contributed by atoms with Crippen LogP contribution in [0.1, 0.15) is 29.6 Å². The fraction of sp³-hybridized carbons (Fsp3) is 0.556. The molecule has 3 aliphatic rings. The van der Waals surface area contributed by atoms with Gasteiger partial charge in [0, 0.05) is 41.6 Å². The summed E-state index contributed by atoms with van der Waals surface area (Å²) in [7, 11) is 0. The number of carbonyl (C=O) groups excluding carboxylic acids is 2. The highest BCUT2D eigenvalue weighted by atomic mass is 32.2. The van der Waals surface area contributed by atoms with E-state index in [9.17, 15) is 9.59 Å². The molecule has 1 atom stereocenters. The molecule has 1 aromatic rings. The summed E-state index contributed by atoms with van der Waals surface area (Å²) in [6.07, 6.45) is 2.29. The van der Waals surface area contributed by atoms with Crippen LogP contribution in [0.2, 0.25) is 0 Å². The van der Waals surface area contributed by atoms with Gasteiger partial charge in [-0.3, -0.25) is 9.59 Å². The minimum atomic E-state index is -0.182. The second-order valence-electron chi connectivity index (χ2n) is 6.62. The number of fused-ring (bicyclic) bond motifs is 1. The Morgan fingerprint density at radius 2 is 2.12 bits per heavy atom. The second kappa shape index (κ2) is 7.35. The zero-order valence-electron chi connectivity index (χ0n) is 14.0. The van der Waals surface area contributed by atoms with Crippen molar-refractivity contribution >= 4 is 29.3 Å². The highest BCUT2D eigenvalue weighted by Crippen LogP contribution is 2.32. The fourth-order valence-electron chi connectivity index (χ4n) is 3.60. The van der Waals surface area contributed by atoms with Crippen molar-refractivity contribution < 1.29 is 19.1 Å². The van der Waals surface area contributed by atoms with Gasteiger partial charge in [-0.1, -0.05) is 0 Å². The largest absolute Gasteiger partial charge is 0.350 e. The number of rotatable bonds is 2. The molecule has 2 fully saturated rings. The van der Waals surface area contributed by atoms with Gasteiger partial charge < -0.3 is 19.7 Å². The number of amides is 2. The van der Waals surface area contributed by atoms with E-state index in [-0.39, 0.29) is 24.0 Å². The first-order valence-electron chi connectivity index (χ1n) is 8.80. The molecule has 25 heavy (non-hydrogen) atoms. The quantitative estimate of drug-likeness (QED) is 0.875. The predicted molar refractivity (Wildman–Crippen MR) is 94.7 cm³/mol. The molecule has 6 nitrogen and oxygen atoms in total. The molecular formula is C18H22N2O4S. The number of hydrogen-bond acceptors (Lipinski definition) is 5. The van der Waals surface area contributed by atoms with Crippen LogP contribution in [0.15, 0.2) is 23.1 Å². The molecule has 134 valence electrons. The lowest BCUT2D eigenvalue weighted by atomic mass is 9.96. The monoisotopic (exact) mass is 362 g/mol. The summed E-state index contributed by atoms with van der Waals surface area (Å²) in [5.41, 5.74) is 1.37. The van der Waals surface area contributed by atoms with Crippen LogP contribution in [-0.4, -0.2) is 55.1 Å². The van der Waals surface area contributed by atoms with E-state index in [1.807, 2.05) is 17.0 Å². The van der Waals surface area contributed by atoms with E-state index in [1.165, 1.54) is 0 Å². The molecule has 0 spiro atoms. The van der Waals surface area contributed by atoms with Crippen LogP contribution < -0.4 is 5.32 Å². The summed E-state index contributed by atoms with van der Waals surface area (Å²) in [5.74, 6) is 1.01. The van der Waals surface area contributed by atoms with Gasteiger partial charge >= 0.3 is 0 Å². The highest BCUT2D eigenvalue weighted by molar-refractivity contribution is 7.99. The molecule has 0 aliphatic carbocycles. The van der Waals surface area contributed by atoms with Crippen molar-refractivity contribution in [1.82, 2.24) is 4.90 Å². The molecule has 2 amide bonds. The number of piperidine rings is 1. The van der Waals surface area contributed by atoms with Crippen molar-refractivity contribution in [3.8, 4) is 0 Å². The van der Waals surface area contributed by atoms with E-state index in [4.69, 9.17) is 9.47 Å². The molecule has 1 aromatic carbocycles. The van der Waals surface area contributed by atoms with Crippen LogP contribution in [0, 0.1) is 5.92 Å². The summed E-state index contributed by atoms with van der Waals surface area (Å²) >= 11 is 1.65. The Labute approximate surface area is 151 Å². The SMILES string of the molecule is O=C1CCSc2ccc(C(=O)N3CCCC(C4OCCO4)C3)cc2N1. The van der Waals surface area contributed by atoms with Crippen LogP contribution in [0.25, 0.3) is 0 Å². The topological polar surface area (TPSA) is 67.9 Å². The third kappa shape index (κ3) is 3.68. The van der Waals surface area contributed by atoms with Crippen LogP contribution in [0.4, 0.5) is 5.69 Å². The maximum absolute atomic E-state index is 12.9. The maximum Gasteiger partial charge on any atom is 0.253 e. The third-order valence-electron chi connectivity index (χ3n) is 4.86. The van der Waals surface area contributed by atoms with E-state index in [0.29, 0.717) is 31.7 Å². The molecule has 0 radical (unpaired) electrons. The smallest absolute Gasteiger partial charge is 0.253 e. The lowest BCUT2D eigenvalue weighted by Gasteiger charge is -2.34. The molecule has 3 aliphatic heterocycles. The molecule has 1 N–H and O–H groups in total. The molecular weight excluding hydrogens is 340 g/mol. The summed E-state index contributed by atoms with van der Waals surface area (Å²) in [6, 6.07) is 5.60. The number of benzene rings is 1. The minimum Gasteiger partial charge on any atom is -0.350 e. The van der Waals surface area contributed by atoms with Crippen molar-refractivity contribution in [1.29, 1.82) is 0 Å². The van der Waals surface area contributed by atoms with E-state index < -0.39 is 0 Å². The average molecular weight is 362 g/mol. The van der Waals surface area contributed by atoms with Crippen LogP contribution in [0.5, 0.6) is 0 Å². The Morgan fingerprint density at radius 1 is 1.28 bits per heavy atom. The molecule has 0 saturated carbocycles. The molecule has 3 heterocycles. The number of hydrogen-bond donors (Lipinski definition) is 1. The van der Waals surface area contributed by atoms with Crippen LogP contribution in [0.3, 0.4) is 0 Å². The average Bonchev–Trinajstić information content (AvgIpc) is 3.10. The Bertz CT molecular complexity index is 675. The van der Waals surface area contributed by atoms with E-state index in [0.717, 1.165) is 35.7 Å². The Hall–Kier alpha value is -1.57. The molecule has 4 rings (SSSR count).